The van der Waals surface area contributed by atoms with Gasteiger partial charge in [0, 0.05) is 25.3 Å². The largest absolute Gasteiger partial charge is 0.378 e. The van der Waals surface area contributed by atoms with Gasteiger partial charge in [-0.25, -0.2) is 0 Å². The van der Waals surface area contributed by atoms with E-state index in [0.29, 0.717) is 11.8 Å². The average Bonchev–Trinajstić information content (AvgIpc) is 2.02. The predicted octanol–water partition coefficient (Wildman–Crippen LogP) is 2.07. The van der Waals surface area contributed by atoms with E-state index in [-0.39, 0.29) is 6.04 Å². The Bertz CT molecular complexity index is 163. The molecule has 2 nitrogen and oxygen atoms in total. The normalized spacial score (nSPS) is 17.7. The summed E-state index contributed by atoms with van der Waals surface area (Å²) in [5.41, 5.74) is 6.96. The molecule has 0 saturated heterocycles. The minimum Gasteiger partial charge on any atom is -0.378 e. The van der Waals surface area contributed by atoms with Crippen LogP contribution in [-0.4, -0.2) is 24.5 Å². The quantitative estimate of drug-likeness (QED) is 0.708. The molecular formula is C11H24N2. The van der Waals surface area contributed by atoms with E-state index in [1.165, 1.54) is 0 Å². The fraction of sp³-hybridized carbons (Fsp3) is 0.818. The number of nitrogens with two attached hydrogens (primary N) is 1. The molecule has 0 aliphatic heterocycles. The Kier molecular flexibility index (Phi) is 5.07. The molecule has 0 saturated carbocycles. The summed E-state index contributed by atoms with van der Waals surface area (Å²) in [6.07, 6.45) is 0. The first kappa shape index (κ1) is 12.5. The Morgan fingerprint density at radius 3 is 2.15 bits per heavy atom. The van der Waals surface area contributed by atoms with Gasteiger partial charge in [-0.15, -0.1) is 0 Å². The Hall–Kier alpha value is -0.500. The van der Waals surface area contributed by atoms with Crippen LogP contribution in [0.2, 0.25) is 0 Å². The van der Waals surface area contributed by atoms with Crippen LogP contribution in [0.15, 0.2) is 12.3 Å². The van der Waals surface area contributed by atoms with E-state index in [1.54, 1.807) is 0 Å². The zero-order valence-corrected chi connectivity index (χ0v) is 9.67. The van der Waals surface area contributed by atoms with Gasteiger partial charge < -0.3 is 10.6 Å². The van der Waals surface area contributed by atoms with Gasteiger partial charge in [0.15, 0.2) is 0 Å². The van der Waals surface area contributed by atoms with Crippen molar-refractivity contribution in [2.45, 2.75) is 33.7 Å². The lowest BCUT2D eigenvalue weighted by molar-refractivity contribution is 0.259. The average molecular weight is 184 g/mol. The zero-order chi connectivity index (χ0) is 10.6. The topological polar surface area (TPSA) is 29.3 Å². The monoisotopic (exact) mass is 184 g/mol. The maximum Gasteiger partial charge on any atom is 0.0200 e. The molecule has 0 aromatic heterocycles. The number of allylic oxidation sites excluding steroid dienone is 1. The summed E-state index contributed by atoms with van der Waals surface area (Å²) in [7, 11) is 2.08. The molecule has 0 fully saturated rings. The summed E-state index contributed by atoms with van der Waals surface area (Å²) >= 11 is 0. The molecule has 0 spiro atoms. The highest BCUT2D eigenvalue weighted by molar-refractivity contribution is 4.87. The van der Waals surface area contributed by atoms with Gasteiger partial charge in [-0.3, -0.25) is 0 Å². The molecule has 3 atom stereocenters. The molecule has 0 aliphatic carbocycles. The Labute approximate surface area is 82.8 Å². The van der Waals surface area contributed by atoms with Crippen molar-refractivity contribution in [1.82, 2.24) is 4.90 Å². The van der Waals surface area contributed by atoms with Crippen molar-refractivity contribution >= 4 is 0 Å². The molecule has 0 aromatic rings. The molecule has 0 radical (unpaired) electrons. The maximum absolute atomic E-state index is 5.85. The molecule has 0 aromatic carbocycles. The fourth-order valence-corrected chi connectivity index (χ4v) is 1.27. The number of hydrogen-bond donors (Lipinski definition) is 1. The second-order valence-corrected chi connectivity index (χ2v) is 4.31. The first-order valence-electron chi connectivity index (χ1n) is 4.98. The van der Waals surface area contributed by atoms with Gasteiger partial charge in [0.25, 0.3) is 0 Å². The van der Waals surface area contributed by atoms with Crippen LogP contribution in [0.5, 0.6) is 0 Å². The van der Waals surface area contributed by atoms with Crippen LogP contribution < -0.4 is 5.73 Å². The summed E-state index contributed by atoms with van der Waals surface area (Å²) in [6, 6.07) is 0.272. The van der Waals surface area contributed by atoms with Crippen molar-refractivity contribution < 1.29 is 0 Å². The SMILES string of the molecule is C=C(C)N(C)CC(C)C(C)C(C)N. The predicted molar refractivity (Wildman–Crippen MR) is 59.4 cm³/mol. The van der Waals surface area contributed by atoms with E-state index < -0.39 is 0 Å². The van der Waals surface area contributed by atoms with Gasteiger partial charge in [0.2, 0.25) is 0 Å². The summed E-state index contributed by atoms with van der Waals surface area (Å²) < 4.78 is 0. The number of hydrogen-bond acceptors (Lipinski definition) is 2. The first-order chi connectivity index (χ1) is 5.86. The van der Waals surface area contributed by atoms with E-state index in [9.17, 15) is 0 Å². The van der Waals surface area contributed by atoms with Gasteiger partial charge in [-0.1, -0.05) is 20.4 Å². The third kappa shape index (κ3) is 4.32. The van der Waals surface area contributed by atoms with E-state index in [0.717, 1.165) is 12.2 Å². The lowest BCUT2D eigenvalue weighted by Crippen LogP contribution is -2.34. The van der Waals surface area contributed by atoms with Gasteiger partial charge >= 0.3 is 0 Å². The standard InChI is InChI=1S/C11H24N2/c1-8(2)13(6)7-9(3)10(4)11(5)12/h9-11H,1,7,12H2,2-6H3. The molecule has 78 valence electrons. The third-order valence-corrected chi connectivity index (χ3v) is 2.94. The molecule has 0 aliphatic rings. The van der Waals surface area contributed by atoms with E-state index in [2.05, 4.69) is 39.3 Å². The molecule has 13 heavy (non-hydrogen) atoms. The summed E-state index contributed by atoms with van der Waals surface area (Å²) in [4.78, 5) is 2.18. The highest BCUT2D eigenvalue weighted by Gasteiger charge is 2.17. The highest BCUT2D eigenvalue weighted by Crippen LogP contribution is 2.15. The van der Waals surface area contributed by atoms with E-state index in [4.69, 9.17) is 5.73 Å². The van der Waals surface area contributed by atoms with Gasteiger partial charge in [0.1, 0.15) is 0 Å². The Morgan fingerprint density at radius 2 is 1.85 bits per heavy atom. The smallest absolute Gasteiger partial charge is 0.0200 e. The van der Waals surface area contributed by atoms with Crippen LogP contribution in [0.25, 0.3) is 0 Å². The fourth-order valence-electron chi connectivity index (χ4n) is 1.27. The molecule has 3 unspecified atom stereocenters. The summed E-state index contributed by atoms with van der Waals surface area (Å²) in [5.74, 6) is 1.17. The van der Waals surface area contributed by atoms with Crippen LogP contribution >= 0.6 is 0 Å². The molecule has 0 bridgehead atoms. The van der Waals surface area contributed by atoms with Gasteiger partial charge in [0.05, 0.1) is 0 Å². The molecule has 0 heterocycles. The van der Waals surface area contributed by atoms with Crippen molar-refractivity contribution in [2.75, 3.05) is 13.6 Å². The second kappa shape index (κ2) is 5.28. The third-order valence-electron chi connectivity index (χ3n) is 2.94. The van der Waals surface area contributed by atoms with Crippen LogP contribution in [0, 0.1) is 11.8 Å². The minimum atomic E-state index is 0.272. The maximum atomic E-state index is 5.85. The van der Waals surface area contributed by atoms with Crippen LogP contribution in [0.3, 0.4) is 0 Å². The lowest BCUT2D eigenvalue weighted by atomic mass is 9.90. The number of nitrogens with zero attached hydrogens (tertiary/aromatic N) is 1. The van der Waals surface area contributed by atoms with Crippen molar-refractivity contribution in [2.24, 2.45) is 17.6 Å². The molecule has 0 rings (SSSR count). The van der Waals surface area contributed by atoms with Crippen LogP contribution in [-0.2, 0) is 0 Å². The van der Waals surface area contributed by atoms with Gasteiger partial charge in [-0.2, -0.15) is 0 Å². The number of rotatable bonds is 5. The van der Waals surface area contributed by atoms with Crippen molar-refractivity contribution in [3.63, 3.8) is 0 Å². The van der Waals surface area contributed by atoms with Crippen LogP contribution in [0.1, 0.15) is 27.7 Å². The molecular weight excluding hydrogens is 160 g/mol. The lowest BCUT2D eigenvalue weighted by Gasteiger charge is -2.29. The second-order valence-electron chi connectivity index (χ2n) is 4.31. The minimum absolute atomic E-state index is 0.272. The Balaban J connectivity index is 3.99. The van der Waals surface area contributed by atoms with Gasteiger partial charge in [-0.05, 0) is 25.7 Å². The first-order valence-corrected chi connectivity index (χ1v) is 4.98. The Morgan fingerprint density at radius 1 is 1.38 bits per heavy atom. The summed E-state index contributed by atoms with van der Waals surface area (Å²) in [5, 5.41) is 0. The van der Waals surface area contributed by atoms with E-state index >= 15 is 0 Å². The van der Waals surface area contributed by atoms with Crippen LogP contribution in [0.4, 0.5) is 0 Å². The summed E-state index contributed by atoms with van der Waals surface area (Å²) in [6.45, 7) is 13.5. The highest BCUT2D eigenvalue weighted by atomic mass is 15.1. The molecule has 0 amide bonds. The van der Waals surface area contributed by atoms with Crippen molar-refractivity contribution in [1.29, 1.82) is 0 Å². The van der Waals surface area contributed by atoms with E-state index in [1.807, 2.05) is 6.92 Å². The zero-order valence-electron chi connectivity index (χ0n) is 9.67. The van der Waals surface area contributed by atoms with Crippen molar-refractivity contribution in [3.8, 4) is 0 Å². The molecule has 2 N–H and O–H groups in total. The van der Waals surface area contributed by atoms with Crippen molar-refractivity contribution in [3.05, 3.63) is 12.3 Å². The molecule has 2 heteroatoms.